The standard InChI is InChI=1S/C17H14N2O/c18-11-12-4-3-7-15(8-12)17(20)19-16-9-13-5-1-2-6-14(13)10-16/h1-8,16H,9-10H2,(H,19,20). The van der Waals surface area contributed by atoms with Crippen LogP contribution < -0.4 is 5.32 Å². The Labute approximate surface area is 117 Å². The molecule has 3 heteroatoms. The highest BCUT2D eigenvalue weighted by atomic mass is 16.1. The molecule has 20 heavy (non-hydrogen) atoms. The first-order chi connectivity index (χ1) is 9.76. The molecule has 1 aliphatic rings. The van der Waals surface area contributed by atoms with Crippen LogP contribution in [0.3, 0.4) is 0 Å². The Morgan fingerprint density at radius 1 is 1.10 bits per heavy atom. The van der Waals surface area contributed by atoms with E-state index in [1.807, 2.05) is 12.1 Å². The number of amides is 1. The first-order valence-electron chi connectivity index (χ1n) is 6.64. The van der Waals surface area contributed by atoms with Crippen molar-refractivity contribution < 1.29 is 4.79 Å². The summed E-state index contributed by atoms with van der Waals surface area (Å²) >= 11 is 0. The van der Waals surface area contributed by atoms with Gasteiger partial charge in [-0.15, -0.1) is 0 Å². The first kappa shape index (κ1) is 12.4. The molecule has 0 aliphatic heterocycles. The molecule has 0 spiro atoms. The van der Waals surface area contributed by atoms with Crippen LogP contribution in [-0.2, 0) is 12.8 Å². The molecule has 0 radical (unpaired) electrons. The molecule has 0 aromatic heterocycles. The van der Waals surface area contributed by atoms with E-state index in [4.69, 9.17) is 5.26 Å². The van der Waals surface area contributed by atoms with Crippen LogP contribution >= 0.6 is 0 Å². The molecule has 3 rings (SSSR count). The predicted molar refractivity (Wildman–Crippen MR) is 76.3 cm³/mol. The molecule has 0 saturated carbocycles. The van der Waals surface area contributed by atoms with Crippen LogP contribution in [0.15, 0.2) is 48.5 Å². The van der Waals surface area contributed by atoms with Crippen molar-refractivity contribution >= 4 is 5.91 Å². The zero-order valence-electron chi connectivity index (χ0n) is 11.0. The summed E-state index contributed by atoms with van der Waals surface area (Å²) in [5, 5.41) is 11.9. The average Bonchev–Trinajstić information content (AvgIpc) is 2.89. The van der Waals surface area contributed by atoms with E-state index in [9.17, 15) is 4.79 Å². The van der Waals surface area contributed by atoms with Crippen molar-refractivity contribution in [3.05, 3.63) is 70.8 Å². The molecule has 0 atom stereocenters. The van der Waals surface area contributed by atoms with Crippen molar-refractivity contribution in [2.75, 3.05) is 0 Å². The molecule has 98 valence electrons. The molecule has 0 unspecified atom stereocenters. The number of carbonyl (C=O) groups is 1. The van der Waals surface area contributed by atoms with Gasteiger partial charge >= 0.3 is 0 Å². The number of carbonyl (C=O) groups excluding carboxylic acids is 1. The summed E-state index contributed by atoms with van der Waals surface area (Å²) in [5.41, 5.74) is 3.67. The maximum absolute atomic E-state index is 12.2. The molecule has 2 aromatic rings. The molecule has 1 amide bonds. The largest absolute Gasteiger partial charge is 0.349 e. The second-order valence-corrected chi connectivity index (χ2v) is 5.04. The number of rotatable bonds is 2. The van der Waals surface area contributed by atoms with E-state index in [2.05, 4.69) is 23.5 Å². The minimum absolute atomic E-state index is 0.111. The van der Waals surface area contributed by atoms with E-state index in [0.29, 0.717) is 11.1 Å². The number of nitrogens with zero attached hydrogens (tertiary/aromatic N) is 1. The highest BCUT2D eigenvalue weighted by Crippen LogP contribution is 2.21. The SMILES string of the molecule is N#Cc1cccc(C(=O)NC2Cc3ccccc3C2)c1. The van der Waals surface area contributed by atoms with Gasteiger partial charge in [0.1, 0.15) is 0 Å². The summed E-state index contributed by atoms with van der Waals surface area (Å²) in [7, 11) is 0. The zero-order chi connectivity index (χ0) is 13.9. The second kappa shape index (κ2) is 5.18. The van der Waals surface area contributed by atoms with Gasteiger partial charge in [-0.2, -0.15) is 5.26 Å². The molecule has 3 nitrogen and oxygen atoms in total. The van der Waals surface area contributed by atoms with Gasteiger partial charge in [-0.25, -0.2) is 0 Å². The van der Waals surface area contributed by atoms with Crippen LogP contribution in [-0.4, -0.2) is 11.9 Å². The van der Waals surface area contributed by atoms with Crippen molar-refractivity contribution in [1.29, 1.82) is 5.26 Å². The fourth-order valence-corrected chi connectivity index (χ4v) is 2.66. The van der Waals surface area contributed by atoms with Gasteiger partial charge in [0.15, 0.2) is 0 Å². The van der Waals surface area contributed by atoms with E-state index in [-0.39, 0.29) is 11.9 Å². The van der Waals surface area contributed by atoms with Crippen molar-refractivity contribution in [3.63, 3.8) is 0 Å². The molecule has 1 aliphatic carbocycles. The van der Waals surface area contributed by atoms with E-state index in [0.717, 1.165) is 12.8 Å². The predicted octanol–water partition coefficient (Wildman–Crippen LogP) is 2.46. The van der Waals surface area contributed by atoms with Gasteiger partial charge in [0.25, 0.3) is 5.91 Å². The Kier molecular flexibility index (Phi) is 3.22. The molecular formula is C17H14N2O. The Balaban J connectivity index is 1.70. The Bertz CT molecular complexity index is 675. The maximum Gasteiger partial charge on any atom is 0.251 e. The Morgan fingerprint density at radius 2 is 1.80 bits per heavy atom. The van der Waals surface area contributed by atoms with Crippen LogP contribution in [0.2, 0.25) is 0 Å². The van der Waals surface area contributed by atoms with Gasteiger partial charge in [0.05, 0.1) is 11.6 Å². The van der Waals surface area contributed by atoms with Crippen LogP contribution in [0, 0.1) is 11.3 Å². The van der Waals surface area contributed by atoms with Crippen LogP contribution in [0.4, 0.5) is 0 Å². The van der Waals surface area contributed by atoms with Gasteiger partial charge < -0.3 is 5.32 Å². The molecule has 0 fully saturated rings. The van der Waals surface area contributed by atoms with Crippen LogP contribution in [0.1, 0.15) is 27.0 Å². The van der Waals surface area contributed by atoms with Gasteiger partial charge in [-0.1, -0.05) is 30.3 Å². The zero-order valence-corrected chi connectivity index (χ0v) is 11.0. The lowest BCUT2D eigenvalue weighted by Gasteiger charge is -2.12. The summed E-state index contributed by atoms with van der Waals surface area (Å²) < 4.78 is 0. The van der Waals surface area contributed by atoms with Crippen molar-refractivity contribution in [2.45, 2.75) is 18.9 Å². The quantitative estimate of drug-likeness (QED) is 0.903. The van der Waals surface area contributed by atoms with Crippen molar-refractivity contribution in [3.8, 4) is 6.07 Å². The summed E-state index contributed by atoms with van der Waals surface area (Å²) in [6.07, 6.45) is 1.75. The Morgan fingerprint density at radius 3 is 2.45 bits per heavy atom. The normalized spacial score (nSPS) is 13.6. The lowest BCUT2D eigenvalue weighted by atomic mass is 10.1. The third-order valence-corrected chi connectivity index (χ3v) is 3.64. The molecule has 2 aromatic carbocycles. The third-order valence-electron chi connectivity index (χ3n) is 3.64. The van der Waals surface area contributed by atoms with E-state index >= 15 is 0 Å². The molecular weight excluding hydrogens is 248 g/mol. The summed E-state index contributed by atoms with van der Waals surface area (Å²) in [4.78, 5) is 12.2. The lowest BCUT2D eigenvalue weighted by molar-refractivity contribution is 0.0938. The van der Waals surface area contributed by atoms with E-state index in [1.54, 1.807) is 24.3 Å². The monoisotopic (exact) mass is 262 g/mol. The summed E-state index contributed by atoms with van der Waals surface area (Å²) in [5.74, 6) is -0.111. The van der Waals surface area contributed by atoms with E-state index in [1.165, 1.54) is 11.1 Å². The number of hydrogen-bond acceptors (Lipinski definition) is 2. The van der Waals surface area contributed by atoms with Crippen molar-refractivity contribution in [2.24, 2.45) is 0 Å². The number of hydrogen-bond donors (Lipinski definition) is 1. The maximum atomic E-state index is 12.2. The third kappa shape index (κ3) is 2.41. The topological polar surface area (TPSA) is 52.9 Å². The minimum Gasteiger partial charge on any atom is -0.349 e. The number of nitriles is 1. The van der Waals surface area contributed by atoms with E-state index < -0.39 is 0 Å². The summed E-state index contributed by atoms with van der Waals surface area (Å²) in [6.45, 7) is 0. The molecule has 0 heterocycles. The van der Waals surface area contributed by atoms with Gasteiger partial charge in [0, 0.05) is 11.6 Å². The van der Waals surface area contributed by atoms with Gasteiger partial charge in [-0.3, -0.25) is 4.79 Å². The second-order valence-electron chi connectivity index (χ2n) is 5.04. The minimum atomic E-state index is -0.111. The highest BCUT2D eigenvalue weighted by molar-refractivity contribution is 5.94. The lowest BCUT2D eigenvalue weighted by Crippen LogP contribution is -2.35. The molecule has 1 N–H and O–H groups in total. The molecule has 0 saturated heterocycles. The molecule has 0 bridgehead atoms. The summed E-state index contributed by atoms with van der Waals surface area (Å²) in [6, 6.07) is 17.3. The number of nitrogens with one attached hydrogen (secondary N) is 1. The fourth-order valence-electron chi connectivity index (χ4n) is 2.66. The fraction of sp³-hybridized carbons (Fsp3) is 0.176. The highest BCUT2D eigenvalue weighted by Gasteiger charge is 2.22. The Hall–Kier alpha value is -2.60. The van der Waals surface area contributed by atoms with Crippen molar-refractivity contribution in [1.82, 2.24) is 5.32 Å². The van der Waals surface area contributed by atoms with Gasteiger partial charge in [-0.05, 0) is 42.2 Å². The van der Waals surface area contributed by atoms with Gasteiger partial charge in [0.2, 0.25) is 0 Å². The van der Waals surface area contributed by atoms with Crippen LogP contribution in [0.25, 0.3) is 0 Å². The number of benzene rings is 2. The van der Waals surface area contributed by atoms with Crippen LogP contribution in [0.5, 0.6) is 0 Å². The smallest absolute Gasteiger partial charge is 0.251 e. The number of fused-ring (bicyclic) bond motifs is 1. The average molecular weight is 262 g/mol. The first-order valence-corrected chi connectivity index (χ1v) is 6.64.